The molecule has 0 saturated heterocycles. The number of para-hydroxylation sites is 1. The van der Waals surface area contributed by atoms with E-state index in [1.807, 2.05) is 0 Å². The lowest BCUT2D eigenvalue weighted by Gasteiger charge is -2.32. The Balaban J connectivity index is 1.83. The molecule has 1 amide bonds. The van der Waals surface area contributed by atoms with Crippen LogP contribution in [0.25, 0.3) is 10.8 Å². The van der Waals surface area contributed by atoms with E-state index in [1.54, 1.807) is 48.5 Å². The Hall–Kier alpha value is -3.48. The molecule has 0 radical (unpaired) electrons. The lowest BCUT2D eigenvalue weighted by atomic mass is 9.89. The summed E-state index contributed by atoms with van der Waals surface area (Å²) < 4.78 is 0. The fraction of sp³-hybridized carbons (Fsp3) is 0.158. The minimum absolute atomic E-state index is 0.142. The quantitative estimate of drug-likeness (QED) is 0.738. The van der Waals surface area contributed by atoms with Crippen LogP contribution in [0.1, 0.15) is 28.4 Å². The van der Waals surface area contributed by atoms with Crippen LogP contribution in [-0.2, 0) is 4.79 Å². The molecular formula is C19H15N3O4. The van der Waals surface area contributed by atoms with Crippen LogP contribution in [0.4, 0.5) is 5.69 Å². The van der Waals surface area contributed by atoms with Gasteiger partial charge in [-0.25, -0.2) is 5.10 Å². The molecule has 2 aromatic carbocycles. The van der Waals surface area contributed by atoms with Gasteiger partial charge in [-0.1, -0.05) is 36.4 Å². The van der Waals surface area contributed by atoms with Gasteiger partial charge in [0.15, 0.2) is 5.69 Å². The molecule has 0 aliphatic carbocycles. The Morgan fingerprint density at radius 3 is 2.54 bits per heavy atom. The van der Waals surface area contributed by atoms with Gasteiger partial charge < -0.3 is 10.0 Å². The Bertz CT molecular complexity index is 1090. The van der Waals surface area contributed by atoms with Crippen LogP contribution in [0.5, 0.6) is 0 Å². The SMILES string of the molecule is O=C(O)C1CCN(C(=O)c2n[nH]c(=O)c3ccccc23)c2ccccc21. The molecule has 26 heavy (non-hydrogen) atoms. The average Bonchev–Trinajstić information content (AvgIpc) is 2.67. The third-order valence-corrected chi connectivity index (χ3v) is 4.69. The highest BCUT2D eigenvalue weighted by Crippen LogP contribution is 2.36. The first-order valence-electron chi connectivity index (χ1n) is 8.19. The summed E-state index contributed by atoms with van der Waals surface area (Å²) in [6.07, 6.45) is 0.319. The molecule has 130 valence electrons. The van der Waals surface area contributed by atoms with E-state index in [9.17, 15) is 19.5 Å². The number of hydrogen-bond donors (Lipinski definition) is 2. The number of rotatable bonds is 2. The molecule has 0 saturated carbocycles. The second-order valence-electron chi connectivity index (χ2n) is 6.14. The molecular weight excluding hydrogens is 334 g/mol. The molecule has 1 aliphatic heterocycles. The number of aromatic nitrogens is 2. The monoisotopic (exact) mass is 349 g/mol. The Labute approximate surface area is 147 Å². The molecule has 2 N–H and O–H groups in total. The van der Waals surface area contributed by atoms with Crippen LogP contribution in [-0.4, -0.2) is 33.7 Å². The Morgan fingerprint density at radius 1 is 1.08 bits per heavy atom. The number of anilines is 1. The van der Waals surface area contributed by atoms with E-state index in [0.717, 1.165) is 0 Å². The van der Waals surface area contributed by atoms with Gasteiger partial charge in [0, 0.05) is 17.6 Å². The maximum atomic E-state index is 13.2. The first-order valence-corrected chi connectivity index (χ1v) is 8.19. The number of carbonyl (C=O) groups excluding carboxylic acids is 1. The molecule has 7 heteroatoms. The number of fused-ring (bicyclic) bond motifs is 2. The van der Waals surface area contributed by atoms with Crippen molar-refractivity contribution < 1.29 is 14.7 Å². The van der Waals surface area contributed by atoms with E-state index >= 15 is 0 Å². The van der Waals surface area contributed by atoms with E-state index in [4.69, 9.17) is 0 Å². The minimum Gasteiger partial charge on any atom is -0.481 e. The number of aromatic amines is 1. The lowest BCUT2D eigenvalue weighted by molar-refractivity contribution is -0.139. The van der Waals surface area contributed by atoms with Crippen molar-refractivity contribution in [2.24, 2.45) is 0 Å². The van der Waals surface area contributed by atoms with Crippen molar-refractivity contribution in [3.63, 3.8) is 0 Å². The topological polar surface area (TPSA) is 103 Å². The number of aliphatic carboxylic acids is 1. The second kappa shape index (κ2) is 6.11. The molecule has 0 fully saturated rings. The van der Waals surface area contributed by atoms with E-state index in [2.05, 4.69) is 10.2 Å². The van der Waals surface area contributed by atoms with Crippen LogP contribution in [0, 0.1) is 0 Å². The van der Waals surface area contributed by atoms with Crippen LogP contribution in [0.3, 0.4) is 0 Å². The molecule has 0 spiro atoms. The van der Waals surface area contributed by atoms with E-state index in [-0.39, 0.29) is 23.7 Å². The molecule has 1 aromatic heterocycles. The van der Waals surface area contributed by atoms with Gasteiger partial charge in [0.1, 0.15) is 0 Å². The van der Waals surface area contributed by atoms with Gasteiger partial charge in [0.2, 0.25) is 0 Å². The maximum Gasteiger partial charge on any atom is 0.311 e. The van der Waals surface area contributed by atoms with Gasteiger partial charge in [-0.2, -0.15) is 5.10 Å². The van der Waals surface area contributed by atoms with Crippen LogP contribution < -0.4 is 10.5 Å². The number of H-pyrrole nitrogens is 1. The number of nitrogens with zero attached hydrogens (tertiary/aromatic N) is 2. The predicted molar refractivity (Wildman–Crippen MR) is 95.5 cm³/mol. The highest BCUT2D eigenvalue weighted by Gasteiger charge is 2.33. The third-order valence-electron chi connectivity index (χ3n) is 4.69. The fourth-order valence-electron chi connectivity index (χ4n) is 3.44. The van der Waals surface area contributed by atoms with E-state index in [0.29, 0.717) is 28.4 Å². The highest BCUT2D eigenvalue weighted by molar-refractivity contribution is 6.13. The van der Waals surface area contributed by atoms with Gasteiger partial charge in [0.25, 0.3) is 11.5 Å². The van der Waals surface area contributed by atoms with Gasteiger partial charge in [-0.15, -0.1) is 0 Å². The predicted octanol–water partition coefficient (Wildman–Crippen LogP) is 2.14. The highest BCUT2D eigenvalue weighted by atomic mass is 16.4. The largest absolute Gasteiger partial charge is 0.481 e. The van der Waals surface area contributed by atoms with Crippen LogP contribution >= 0.6 is 0 Å². The van der Waals surface area contributed by atoms with Crippen molar-refractivity contribution in [1.82, 2.24) is 10.2 Å². The van der Waals surface area contributed by atoms with Gasteiger partial charge in [-0.05, 0) is 24.1 Å². The summed E-state index contributed by atoms with van der Waals surface area (Å²) in [5.74, 6) is -1.92. The molecule has 4 rings (SSSR count). The molecule has 2 heterocycles. The molecule has 7 nitrogen and oxygen atoms in total. The van der Waals surface area contributed by atoms with Crippen LogP contribution in [0.2, 0.25) is 0 Å². The number of amides is 1. The van der Waals surface area contributed by atoms with Gasteiger partial charge in [0.05, 0.1) is 11.3 Å². The zero-order chi connectivity index (χ0) is 18.3. The minimum atomic E-state index is -0.905. The zero-order valence-corrected chi connectivity index (χ0v) is 13.7. The Morgan fingerprint density at radius 2 is 1.77 bits per heavy atom. The molecule has 1 aliphatic rings. The second-order valence-corrected chi connectivity index (χ2v) is 6.14. The maximum absolute atomic E-state index is 13.2. The number of carboxylic acid groups (broad SMARTS) is 1. The number of benzene rings is 2. The normalized spacial score (nSPS) is 16.3. The summed E-state index contributed by atoms with van der Waals surface area (Å²) in [5.41, 5.74) is 0.951. The summed E-state index contributed by atoms with van der Waals surface area (Å²) >= 11 is 0. The van der Waals surface area contributed by atoms with Crippen molar-refractivity contribution in [1.29, 1.82) is 0 Å². The number of carboxylic acids is 1. The Kier molecular flexibility index (Phi) is 3.76. The summed E-state index contributed by atoms with van der Waals surface area (Å²) in [6, 6.07) is 13.8. The zero-order valence-electron chi connectivity index (χ0n) is 13.7. The first kappa shape index (κ1) is 16.0. The fourth-order valence-corrected chi connectivity index (χ4v) is 3.44. The van der Waals surface area contributed by atoms with Crippen molar-refractivity contribution in [2.75, 3.05) is 11.4 Å². The van der Waals surface area contributed by atoms with E-state index in [1.165, 1.54) is 4.90 Å². The van der Waals surface area contributed by atoms with Crippen molar-refractivity contribution in [3.05, 3.63) is 70.1 Å². The average molecular weight is 349 g/mol. The standard InChI is InChI=1S/C19H15N3O4/c23-17-13-7-2-1-6-12(13)16(20-21-17)18(24)22-10-9-14(19(25)26)11-5-3-4-8-15(11)22/h1-8,14H,9-10H2,(H,21,23)(H,25,26). The lowest BCUT2D eigenvalue weighted by Crippen LogP contribution is -2.39. The molecule has 1 unspecified atom stereocenters. The smallest absolute Gasteiger partial charge is 0.311 e. The third kappa shape index (κ3) is 2.45. The molecule has 0 bridgehead atoms. The van der Waals surface area contributed by atoms with Crippen molar-refractivity contribution in [2.45, 2.75) is 12.3 Å². The number of carbonyl (C=O) groups is 2. The summed E-state index contributed by atoms with van der Waals surface area (Å²) in [6.45, 7) is 0.266. The summed E-state index contributed by atoms with van der Waals surface area (Å²) in [5, 5.41) is 16.6. The number of nitrogens with one attached hydrogen (secondary N) is 1. The molecule has 3 aromatic rings. The van der Waals surface area contributed by atoms with E-state index < -0.39 is 11.9 Å². The van der Waals surface area contributed by atoms with Crippen molar-refractivity contribution >= 4 is 28.3 Å². The van der Waals surface area contributed by atoms with Crippen molar-refractivity contribution in [3.8, 4) is 0 Å². The first-order chi connectivity index (χ1) is 12.6. The van der Waals surface area contributed by atoms with Gasteiger partial charge >= 0.3 is 5.97 Å². The van der Waals surface area contributed by atoms with Crippen LogP contribution in [0.15, 0.2) is 53.3 Å². The van der Waals surface area contributed by atoms with Gasteiger partial charge in [-0.3, -0.25) is 14.4 Å². The molecule has 1 atom stereocenters. The number of hydrogen-bond acceptors (Lipinski definition) is 4. The summed E-state index contributed by atoms with van der Waals surface area (Å²) in [4.78, 5) is 38.1. The summed E-state index contributed by atoms with van der Waals surface area (Å²) in [7, 11) is 0.